The molecular formula is C44H53N4O10P. The Hall–Kier alpha value is -5.13. The summed E-state index contributed by atoms with van der Waals surface area (Å²) >= 11 is 0. The summed E-state index contributed by atoms with van der Waals surface area (Å²) in [6, 6.07) is 27.6. The smallest absolute Gasteiger partial charge is 0.330 e. The number of nitriles is 1. The first-order valence-electron chi connectivity index (χ1n) is 19.4. The summed E-state index contributed by atoms with van der Waals surface area (Å²) in [6.45, 7) is 8.65. The van der Waals surface area contributed by atoms with E-state index < -0.39 is 43.7 Å². The molecule has 1 unspecified atom stereocenters. The summed E-state index contributed by atoms with van der Waals surface area (Å²) < 4.78 is 46.0. The number of nitrogens with one attached hydrogen (secondary N) is 1. The molecule has 59 heavy (non-hydrogen) atoms. The maximum absolute atomic E-state index is 13.4. The van der Waals surface area contributed by atoms with E-state index in [1.165, 1.54) is 23.9 Å². The molecule has 0 amide bonds. The van der Waals surface area contributed by atoms with E-state index in [0.717, 1.165) is 22.8 Å². The standard InChI is InChI=1S/C44H53N4O10P/c1-30(2)48(31(3)4)59(56-25-11-24-45)57-28-33-26-40(47-27-32(14-23-41(49)54-7)42(50)46-43(47)51)58-39(33)29-55-44(34-12-9-8-10-13-34,35-15-19-37(52-5)20-16-35)36-17-21-38(53-6)22-18-36/h8-10,12-23,27,30-31,33,39-40H,11,25-26,28-29H2,1-7H3,(H,46,50,51)/b23-14+/t33-,39-,40-,59?/m1/s1. The van der Waals surface area contributed by atoms with E-state index in [1.807, 2.05) is 78.9 Å². The quantitative estimate of drug-likeness (QED) is 0.0321. The van der Waals surface area contributed by atoms with Gasteiger partial charge in [-0.25, -0.2) is 14.3 Å². The Bertz CT molecular complexity index is 2090. The Kier molecular flexibility index (Phi) is 16.2. The number of methoxy groups -OCH3 is 3. The molecule has 1 aliphatic heterocycles. The Morgan fingerprint density at radius 2 is 1.51 bits per heavy atom. The van der Waals surface area contributed by atoms with Crippen LogP contribution in [0.2, 0.25) is 0 Å². The number of esters is 1. The van der Waals surface area contributed by atoms with Crippen molar-refractivity contribution in [2.75, 3.05) is 41.2 Å². The van der Waals surface area contributed by atoms with Crippen molar-refractivity contribution < 1.29 is 37.5 Å². The zero-order valence-electron chi connectivity index (χ0n) is 34.5. The predicted molar refractivity (Wildman–Crippen MR) is 224 cm³/mol. The highest BCUT2D eigenvalue weighted by atomic mass is 31.2. The number of hydrogen-bond acceptors (Lipinski definition) is 12. The van der Waals surface area contributed by atoms with Crippen molar-refractivity contribution in [3.8, 4) is 17.6 Å². The Morgan fingerprint density at radius 3 is 2.05 bits per heavy atom. The normalized spacial score (nSPS) is 17.4. The van der Waals surface area contributed by atoms with Gasteiger partial charge in [0.15, 0.2) is 0 Å². The number of H-pyrrole nitrogens is 1. The molecule has 0 radical (unpaired) electrons. The maximum Gasteiger partial charge on any atom is 0.330 e. The second-order valence-corrected chi connectivity index (χ2v) is 15.8. The van der Waals surface area contributed by atoms with E-state index in [2.05, 4.69) is 43.4 Å². The number of carbonyl (C=O) groups is 1. The molecule has 14 nitrogen and oxygen atoms in total. The van der Waals surface area contributed by atoms with Crippen molar-refractivity contribution in [3.63, 3.8) is 0 Å². The van der Waals surface area contributed by atoms with Gasteiger partial charge in [-0.2, -0.15) is 5.26 Å². The molecule has 1 N–H and O–H groups in total. The Balaban J connectivity index is 1.58. The van der Waals surface area contributed by atoms with Crippen molar-refractivity contribution in [1.82, 2.24) is 14.2 Å². The monoisotopic (exact) mass is 828 g/mol. The first-order chi connectivity index (χ1) is 28.4. The van der Waals surface area contributed by atoms with Gasteiger partial charge in [0.2, 0.25) is 0 Å². The highest BCUT2D eigenvalue weighted by Crippen LogP contribution is 2.48. The lowest BCUT2D eigenvalue weighted by Gasteiger charge is -2.38. The third-order valence-corrected chi connectivity index (χ3v) is 12.0. The van der Waals surface area contributed by atoms with E-state index in [0.29, 0.717) is 17.9 Å². The van der Waals surface area contributed by atoms with Crippen molar-refractivity contribution in [2.24, 2.45) is 5.92 Å². The highest BCUT2D eigenvalue weighted by Gasteiger charge is 2.43. The summed E-state index contributed by atoms with van der Waals surface area (Å²) in [4.78, 5) is 40.4. The van der Waals surface area contributed by atoms with Crippen molar-refractivity contribution >= 4 is 20.6 Å². The molecule has 1 fully saturated rings. The lowest BCUT2D eigenvalue weighted by Crippen LogP contribution is -2.38. The molecule has 4 aromatic rings. The number of aromatic nitrogens is 2. The fourth-order valence-corrected chi connectivity index (χ4v) is 8.78. The molecule has 5 rings (SSSR count). The van der Waals surface area contributed by atoms with E-state index in [9.17, 15) is 19.6 Å². The average Bonchev–Trinajstić information content (AvgIpc) is 3.65. The SMILES string of the molecule is COC(=O)/C=C/c1cn([C@H]2C[C@H](COP(OCCC#N)N(C(C)C)C(C)C)[C@@H](COC(c3ccccc3)(c3ccc(OC)cc3)c3ccc(OC)cc3)O2)c(=O)[nH]c1=O. The van der Waals surface area contributed by atoms with E-state index in [-0.39, 0.29) is 49.8 Å². The van der Waals surface area contributed by atoms with Crippen molar-refractivity contribution in [1.29, 1.82) is 5.26 Å². The molecule has 0 spiro atoms. The molecule has 3 aromatic carbocycles. The summed E-state index contributed by atoms with van der Waals surface area (Å²) in [7, 11) is 2.85. The first-order valence-corrected chi connectivity index (χ1v) is 20.5. The van der Waals surface area contributed by atoms with Gasteiger partial charge in [-0.3, -0.25) is 14.3 Å². The van der Waals surface area contributed by atoms with Crippen LogP contribution in [0.25, 0.3) is 6.08 Å². The number of carbonyl (C=O) groups excluding carboxylic acids is 1. The van der Waals surface area contributed by atoms with Crippen LogP contribution in [0.4, 0.5) is 0 Å². The van der Waals surface area contributed by atoms with Crippen molar-refractivity contribution in [2.45, 2.75) is 70.6 Å². The average molecular weight is 829 g/mol. The van der Waals surface area contributed by atoms with E-state index in [1.54, 1.807) is 14.2 Å². The number of aromatic amines is 1. The van der Waals surface area contributed by atoms with Gasteiger partial charge in [0.1, 0.15) is 23.3 Å². The minimum atomic E-state index is -1.60. The van der Waals surface area contributed by atoms with Gasteiger partial charge in [-0.05, 0) is 74.7 Å². The molecule has 1 aromatic heterocycles. The molecule has 0 aliphatic carbocycles. The maximum atomic E-state index is 13.4. The molecule has 2 heterocycles. The summed E-state index contributed by atoms with van der Waals surface area (Å²) in [6.07, 6.45) is 2.77. The molecule has 0 saturated carbocycles. The molecule has 0 bridgehead atoms. The number of hydrogen-bond donors (Lipinski definition) is 1. The molecular weight excluding hydrogens is 775 g/mol. The summed E-state index contributed by atoms with van der Waals surface area (Å²) in [5, 5.41) is 9.27. The van der Waals surface area contributed by atoms with Crippen LogP contribution in [0.5, 0.6) is 11.5 Å². The number of rotatable bonds is 20. The zero-order chi connectivity index (χ0) is 42.5. The van der Waals surface area contributed by atoms with Crippen LogP contribution >= 0.6 is 8.53 Å². The van der Waals surface area contributed by atoms with Gasteiger partial charge in [0.25, 0.3) is 14.1 Å². The minimum absolute atomic E-state index is 0.0377. The van der Waals surface area contributed by atoms with Crippen LogP contribution in [0.15, 0.2) is 101 Å². The lowest BCUT2D eigenvalue weighted by molar-refractivity contribution is -0.134. The summed E-state index contributed by atoms with van der Waals surface area (Å²) in [5.41, 5.74) is 0.0667. The topological polar surface area (TPSA) is 164 Å². The molecule has 4 atom stereocenters. The largest absolute Gasteiger partial charge is 0.497 e. The van der Waals surface area contributed by atoms with Crippen LogP contribution in [0, 0.1) is 17.2 Å². The molecule has 314 valence electrons. The molecule has 1 aliphatic rings. The van der Waals surface area contributed by atoms with E-state index >= 15 is 0 Å². The van der Waals surface area contributed by atoms with Gasteiger partial charge < -0.3 is 32.7 Å². The number of nitrogens with zero attached hydrogens (tertiary/aromatic N) is 3. The van der Waals surface area contributed by atoms with Gasteiger partial charge in [-0.15, -0.1) is 0 Å². The lowest BCUT2D eigenvalue weighted by atomic mass is 9.80. The van der Waals surface area contributed by atoms with Gasteiger partial charge >= 0.3 is 11.7 Å². The second kappa shape index (κ2) is 21.2. The third kappa shape index (κ3) is 10.9. The molecule has 15 heteroatoms. The van der Waals surface area contributed by atoms with Crippen LogP contribution < -0.4 is 20.7 Å². The fourth-order valence-electron chi connectivity index (χ4n) is 7.12. The fraction of sp³-hybridized carbons (Fsp3) is 0.409. The van der Waals surface area contributed by atoms with Crippen LogP contribution in [-0.4, -0.2) is 79.5 Å². The van der Waals surface area contributed by atoms with E-state index in [4.69, 9.17) is 32.7 Å². The van der Waals surface area contributed by atoms with Crippen molar-refractivity contribution in [3.05, 3.63) is 134 Å². The third-order valence-electron chi connectivity index (χ3n) is 9.97. The van der Waals surface area contributed by atoms with Crippen LogP contribution in [0.1, 0.15) is 69.0 Å². The van der Waals surface area contributed by atoms with Crippen LogP contribution in [0.3, 0.4) is 0 Å². The molecule has 1 saturated heterocycles. The second-order valence-electron chi connectivity index (χ2n) is 14.4. The van der Waals surface area contributed by atoms with Crippen LogP contribution in [-0.2, 0) is 33.7 Å². The minimum Gasteiger partial charge on any atom is -0.497 e. The highest BCUT2D eigenvalue weighted by molar-refractivity contribution is 7.44. The Labute approximate surface area is 346 Å². The van der Waals surface area contributed by atoms with Gasteiger partial charge in [-0.1, -0.05) is 54.6 Å². The predicted octanol–water partition coefficient (Wildman–Crippen LogP) is 6.94. The number of benzene rings is 3. The zero-order valence-corrected chi connectivity index (χ0v) is 35.4. The first kappa shape index (κ1) is 45.0. The summed E-state index contributed by atoms with van der Waals surface area (Å²) in [5.74, 6) is 0.359. The van der Waals surface area contributed by atoms with Gasteiger partial charge in [0, 0.05) is 36.7 Å². The number of ether oxygens (including phenoxy) is 5. The Morgan fingerprint density at radius 1 is 0.915 bits per heavy atom. The van der Waals surface area contributed by atoms with Gasteiger partial charge in [0.05, 0.1) is 65.3 Å².